The molecule has 0 N–H and O–H groups in total. The van der Waals surface area contributed by atoms with Gasteiger partial charge in [0.1, 0.15) is 0 Å². The third-order valence-corrected chi connectivity index (χ3v) is 9.31. The summed E-state index contributed by atoms with van der Waals surface area (Å²) in [5.41, 5.74) is 10.5. The molecule has 0 spiro atoms. The maximum absolute atomic E-state index is 9.59. The Morgan fingerprint density at radius 2 is 0.857 bits per heavy atom. The number of hydrogen-bond acceptors (Lipinski definition) is 2. The topological polar surface area (TPSA) is 41.2 Å². The van der Waals surface area contributed by atoms with Crippen molar-refractivity contribution in [2.75, 3.05) is 4.90 Å². The summed E-state index contributed by atoms with van der Waals surface area (Å²) in [5, 5.41) is 14.4. The second-order valence-electron chi connectivity index (χ2n) is 12.1. The summed E-state index contributed by atoms with van der Waals surface area (Å²) < 4.78 is 4.70. The van der Waals surface area contributed by atoms with Crippen molar-refractivity contribution in [3.63, 3.8) is 0 Å². The van der Waals surface area contributed by atoms with Gasteiger partial charge in [-0.3, -0.25) is 0 Å². The molecule has 0 atom stereocenters. The minimum Gasteiger partial charge on any atom is -0.310 e. The fourth-order valence-electron chi connectivity index (χ4n) is 7.18. The molecule has 0 aliphatic heterocycles. The predicted molar refractivity (Wildman–Crippen MR) is 201 cm³/mol. The van der Waals surface area contributed by atoms with E-state index in [-0.39, 0.29) is 0 Å². The second kappa shape index (κ2) is 11.3. The van der Waals surface area contributed by atoms with Crippen molar-refractivity contribution in [3.05, 3.63) is 181 Å². The van der Waals surface area contributed by atoms with E-state index in [1.807, 2.05) is 48.5 Å². The maximum Gasteiger partial charge on any atom is 0.187 e. The molecule has 49 heavy (non-hydrogen) atoms. The van der Waals surface area contributed by atoms with Crippen LogP contribution in [-0.2, 0) is 0 Å². The fourth-order valence-corrected chi connectivity index (χ4v) is 7.18. The van der Waals surface area contributed by atoms with E-state index in [0.29, 0.717) is 11.3 Å². The molecule has 5 heteroatoms. The van der Waals surface area contributed by atoms with E-state index in [1.165, 1.54) is 21.5 Å². The van der Waals surface area contributed by atoms with Gasteiger partial charge in [-0.1, -0.05) is 84.9 Å². The Kier molecular flexibility index (Phi) is 6.50. The minimum atomic E-state index is 0.577. The Labute approximate surface area is 283 Å². The molecule has 2 aromatic heterocycles. The number of fused-ring (bicyclic) bond motifs is 6. The van der Waals surface area contributed by atoms with Crippen molar-refractivity contribution >= 4 is 66.4 Å². The van der Waals surface area contributed by atoms with Crippen LogP contribution in [0, 0.1) is 17.9 Å². The van der Waals surface area contributed by atoms with Crippen LogP contribution in [0.15, 0.2) is 164 Å². The highest BCUT2D eigenvalue weighted by Gasteiger charge is 2.20. The molecule has 9 aromatic rings. The van der Waals surface area contributed by atoms with Crippen LogP contribution in [0.4, 0.5) is 22.7 Å². The lowest BCUT2D eigenvalue weighted by atomic mass is 10.1. The van der Waals surface area contributed by atoms with Gasteiger partial charge < -0.3 is 14.0 Å². The largest absolute Gasteiger partial charge is 0.310 e. The summed E-state index contributed by atoms with van der Waals surface area (Å²) in [4.78, 5) is 5.84. The van der Waals surface area contributed by atoms with Crippen molar-refractivity contribution in [3.8, 4) is 17.4 Å². The first-order valence-corrected chi connectivity index (χ1v) is 16.1. The van der Waals surface area contributed by atoms with Crippen LogP contribution >= 0.6 is 0 Å². The molecule has 5 nitrogen and oxygen atoms in total. The zero-order valence-corrected chi connectivity index (χ0v) is 26.3. The SMILES string of the molecule is [C-]#[N+]c1ccc(N(c2ccc(C#N)cc2)c2cc(-n3c4ccccc4c4ccccc43)cc(-n3c4ccccc4c4ccccc43)c2)cc1. The zero-order chi connectivity index (χ0) is 32.9. The first-order chi connectivity index (χ1) is 24.2. The Balaban J connectivity index is 1.40. The van der Waals surface area contributed by atoms with Gasteiger partial charge in [0.2, 0.25) is 0 Å². The lowest BCUT2D eigenvalue weighted by Crippen LogP contribution is -2.11. The van der Waals surface area contributed by atoms with Gasteiger partial charge in [0, 0.05) is 32.9 Å². The Hall–Kier alpha value is -7.08. The van der Waals surface area contributed by atoms with Gasteiger partial charge in [-0.05, 0) is 78.9 Å². The number of para-hydroxylation sites is 4. The van der Waals surface area contributed by atoms with Crippen LogP contribution in [0.25, 0.3) is 59.8 Å². The number of nitrogens with zero attached hydrogens (tertiary/aromatic N) is 5. The number of benzene rings is 7. The van der Waals surface area contributed by atoms with Crippen molar-refractivity contribution in [2.24, 2.45) is 0 Å². The van der Waals surface area contributed by atoms with Gasteiger partial charge in [0.05, 0.1) is 57.3 Å². The molecule has 0 radical (unpaired) electrons. The average molecular weight is 626 g/mol. The Bertz CT molecular complexity index is 2490. The number of nitriles is 1. The van der Waals surface area contributed by atoms with Crippen LogP contribution in [0.3, 0.4) is 0 Å². The van der Waals surface area contributed by atoms with Gasteiger partial charge in [0.25, 0.3) is 0 Å². The molecule has 9 rings (SSSR count). The van der Waals surface area contributed by atoms with Crippen molar-refractivity contribution in [2.45, 2.75) is 0 Å². The van der Waals surface area contributed by atoms with Gasteiger partial charge in [-0.15, -0.1) is 0 Å². The lowest BCUT2D eigenvalue weighted by Gasteiger charge is -2.27. The van der Waals surface area contributed by atoms with Crippen LogP contribution < -0.4 is 4.90 Å². The van der Waals surface area contributed by atoms with Crippen molar-refractivity contribution < 1.29 is 0 Å². The quantitative estimate of drug-likeness (QED) is 0.179. The molecule has 0 aliphatic rings. The number of rotatable bonds is 5. The van der Waals surface area contributed by atoms with E-state index in [4.69, 9.17) is 6.57 Å². The first kappa shape index (κ1) is 28.2. The van der Waals surface area contributed by atoms with Crippen LogP contribution in [0.5, 0.6) is 0 Å². The fraction of sp³-hybridized carbons (Fsp3) is 0. The molecule has 0 bridgehead atoms. The van der Waals surface area contributed by atoms with E-state index < -0.39 is 0 Å². The molecule has 0 unspecified atom stereocenters. The molecule has 0 saturated carbocycles. The number of aromatic nitrogens is 2. The van der Waals surface area contributed by atoms with E-state index >= 15 is 0 Å². The molecular weight excluding hydrogens is 599 g/mol. The highest BCUT2D eigenvalue weighted by molar-refractivity contribution is 6.10. The smallest absolute Gasteiger partial charge is 0.187 e. The van der Waals surface area contributed by atoms with Crippen LogP contribution in [0.2, 0.25) is 0 Å². The van der Waals surface area contributed by atoms with Crippen molar-refractivity contribution in [1.29, 1.82) is 5.26 Å². The Morgan fingerprint density at radius 3 is 1.24 bits per heavy atom. The summed E-state index contributed by atoms with van der Waals surface area (Å²) in [7, 11) is 0. The maximum atomic E-state index is 9.59. The summed E-state index contributed by atoms with van der Waals surface area (Å²) in [6.45, 7) is 7.55. The normalized spacial score (nSPS) is 11.2. The summed E-state index contributed by atoms with van der Waals surface area (Å²) in [5.74, 6) is 0. The Morgan fingerprint density at radius 1 is 0.469 bits per heavy atom. The summed E-state index contributed by atoms with van der Waals surface area (Å²) in [6, 6.07) is 58.6. The van der Waals surface area contributed by atoms with E-state index in [2.05, 4.69) is 140 Å². The molecule has 228 valence electrons. The molecule has 0 saturated heterocycles. The summed E-state index contributed by atoms with van der Waals surface area (Å²) in [6.07, 6.45) is 0. The van der Waals surface area contributed by atoms with E-state index in [1.54, 1.807) is 0 Å². The van der Waals surface area contributed by atoms with E-state index in [0.717, 1.165) is 50.5 Å². The third kappa shape index (κ3) is 4.53. The second-order valence-corrected chi connectivity index (χ2v) is 12.1. The van der Waals surface area contributed by atoms with Gasteiger partial charge in [-0.25, -0.2) is 4.85 Å². The van der Waals surface area contributed by atoms with Crippen LogP contribution in [0.1, 0.15) is 5.56 Å². The highest BCUT2D eigenvalue weighted by atomic mass is 15.1. The monoisotopic (exact) mass is 625 g/mol. The lowest BCUT2D eigenvalue weighted by molar-refractivity contribution is 1.12. The summed E-state index contributed by atoms with van der Waals surface area (Å²) >= 11 is 0. The molecule has 2 heterocycles. The molecular formula is C44H27N5. The standard InChI is InChI=1S/C44H27N5/c1-46-31-20-24-33(25-21-31)47(32-22-18-30(29-45)19-23-32)34-26-35(48-41-14-6-2-10-37(41)38-11-3-7-15-42(38)48)28-36(27-34)49-43-16-8-4-12-39(43)40-13-5-9-17-44(40)49/h2-28H. The molecule has 7 aromatic carbocycles. The van der Waals surface area contributed by atoms with E-state index in [9.17, 15) is 5.26 Å². The minimum absolute atomic E-state index is 0.577. The molecule has 0 fully saturated rings. The van der Waals surface area contributed by atoms with Crippen LogP contribution in [-0.4, -0.2) is 9.13 Å². The number of anilines is 3. The highest BCUT2D eigenvalue weighted by Crippen LogP contribution is 2.41. The van der Waals surface area contributed by atoms with Gasteiger partial charge in [0.15, 0.2) is 5.69 Å². The molecule has 0 amide bonds. The third-order valence-electron chi connectivity index (χ3n) is 9.31. The van der Waals surface area contributed by atoms with Gasteiger partial charge in [-0.2, -0.15) is 5.26 Å². The first-order valence-electron chi connectivity index (χ1n) is 16.1. The van der Waals surface area contributed by atoms with Crippen molar-refractivity contribution in [1.82, 2.24) is 9.13 Å². The average Bonchev–Trinajstić information content (AvgIpc) is 3.69. The van der Waals surface area contributed by atoms with Gasteiger partial charge >= 0.3 is 0 Å². The number of hydrogen-bond donors (Lipinski definition) is 0. The predicted octanol–water partition coefficient (Wildman–Crippen LogP) is 11.8. The molecule has 0 aliphatic carbocycles. The zero-order valence-electron chi connectivity index (χ0n) is 26.3.